The maximum absolute atomic E-state index is 11.0. The number of carbonyl (C=O) groups is 1. The van der Waals surface area contributed by atoms with Gasteiger partial charge in [-0.25, -0.2) is 0 Å². The van der Waals surface area contributed by atoms with E-state index >= 15 is 0 Å². The zero-order valence-corrected chi connectivity index (χ0v) is 8.94. The van der Waals surface area contributed by atoms with Crippen LogP contribution in [0, 0.1) is 0 Å². The molecule has 4 nitrogen and oxygen atoms in total. The Labute approximate surface area is 92.3 Å². The molecule has 0 fully saturated rings. The molecule has 0 unspecified atom stereocenters. The summed E-state index contributed by atoms with van der Waals surface area (Å²) in [6.45, 7) is 0. The maximum Gasteiger partial charge on any atom is 0.294 e. The Hall–Kier alpha value is -1.72. The highest BCUT2D eigenvalue weighted by Gasteiger charge is 2.12. The molecule has 0 amide bonds. The molecule has 0 aliphatic carbocycles. The lowest BCUT2D eigenvalue weighted by molar-refractivity contribution is 0.112. The lowest BCUT2D eigenvalue weighted by Gasteiger charge is -2.03. The SMILES string of the molecule is O=Cc1cc(S(=O)(=O)O)cc2ccccc12. The van der Waals surface area contributed by atoms with E-state index in [2.05, 4.69) is 0 Å². The van der Waals surface area contributed by atoms with E-state index in [1.54, 1.807) is 24.3 Å². The zero-order chi connectivity index (χ0) is 11.8. The molecule has 0 aromatic heterocycles. The molecule has 0 aliphatic rings. The highest BCUT2D eigenvalue weighted by molar-refractivity contribution is 7.85. The zero-order valence-electron chi connectivity index (χ0n) is 8.12. The first-order chi connectivity index (χ1) is 7.52. The number of rotatable bonds is 2. The summed E-state index contributed by atoms with van der Waals surface area (Å²) < 4.78 is 30.9. The predicted molar refractivity (Wildman–Crippen MR) is 59.2 cm³/mol. The van der Waals surface area contributed by atoms with Gasteiger partial charge in [-0.05, 0) is 22.9 Å². The standard InChI is InChI=1S/C11H8O4S/c12-7-9-6-10(16(13,14)15)5-8-3-1-2-4-11(8)9/h1-7H,(H,13,14,15). The first-order valence-corrected chi connectivity index (χ1v) is 5.92. The van der Waals surface area contributed by atoms with E-state index < -0.39 is 10.1 Å². The van der Waals surface area contributed by atoms with Crippen LogP contribution in [0.4, 0.5) is 0 Å². The molecule has 0 radical (unpaired) electrons. The van der Waals surface area contributed by atoms with Gasteiger partial charge >= 0.3 is 0 Å². The van der Waals surface area contributed by atoms with E-state index in [9.17, 15) is 13.2 Å². The minimum Gasteiger partial charge on any atom is -0.298 e. The van der Waals surface area contributed by atoms with Crippen molar-refractivity contribution >= 4 is 27.2 Å². The molecular weight excluding hydrogens is 228 g/mol. The summed E-state index contributed by atoms with van der Waals surface area (Å²) in [6.07, 6.45) is 0.566. The highest BCUT2D eigenvalue weighted by atomic mass is 32.2. The highest BCUT2D eigenvalue weighted by Crippen LogP contribution is 2.22. The number of benzene rings is 2. The van der Waals surface area contributed by atoms with Gasteiger partial charge in [0.15, 0.2) is 6.29 Å². The molecule has 0 saturated carbocycles. The van der Waals surface area contributed by atoms with E-state index in [1.807, 2.05) is 0 Å². The summed E-state index contributed by atoms with van der Waals surface area (Å²) in [5.74, 6) is 0. The molecule has 2 rings (SSSR count). The quantitative estimate of drug-likeness (QED) is 0.638. The van der Waals surface area contributed by atoms with Crippen LogP contribution in [0.1, 0.15) is 10.4 Å². The van der Waals surface area contributed by atoms with Gasteiger partial charge in [-0.3, -0.25) is 9.35 Å². The fourth-order valence-electron chi connectivity index (χ4n) is 1.56. The van der Waals surface area contributed by atoms with Gasteiger partial charge in [0.05, 0.1) is 4.90 Å². The van der Waals surface area contributed by atoms with E-state index in [0.29, 0.717) is 17.1 Å². The van der Waals surface area contributed by atoms with E-state index in [-0.39, 0.29) is 10.5 Å². The van der Waals surface area contributed by atoms with E-state index in [1.165, 1.54) is 6.07 Å². The van der Waals surface area contributed by atoms with Crippen molar-refractivity contribution in [2.24, 2.45) is 0 Å². The number of aldehydes is 1. The summed E-state index contributed by atoms with van der Waals surface area (Å²) in [5.41, 5.74) is 0.241. The Morgan fingerprint density at radius 2 is 1.81 bits per heavy atom. The van der Waals surface area contributed by atoms with E-state index in [0.717, 1.165) is 6.07 Å². The van der Waals surface area contributed by atoms with Crippen LogP contribution in [0.15, 0.2) is 41.3 Å². The second-order valence-electron chi connectivity index (χ2n) is 3.33. The van der Waals surface area contributed by atoms with Crippen LogP contribution in [0.3, 0.4) is 0 Å². The maximum atomic E-state index is 11.0. The minimum atomic E-state index is -4.29. The van der Waals surface area contributed by atoms with Crippen molar-refractivity contribution in [2.45, 2.75) is 4.90 Å². The molecule has 5 heteroatoms. The van der Waals surface area contributed by atoms with Gasteiger partial charge in [0.1, 0.15) is 0 Å². The number of hydrogen-bond acceptors (Lipinski definition) is 3. The number of fused-ring (bicyclic) bond motifs is 1. The van der Waals surface area contributed by atoms with Crippen LogP contribution in [-0.2, 0) is 10.1 Å². The Morgan fingerprint density at radius 1 is 1.12 bits per heavy atom. The Balaban J connectivity index is 2.89. The van der Waals surface area contributed by atoms with Crippen molar-refractivity contribution in [1.82, 2.24) is 0 Å². The van der Waals surface area contributed by atoms with Gasteiger partial charge in [-0.2, -0.15) is 8.42 Å². The third kappa shape index (κ3) is 1.82. The molecule has 16 heavy (non-hydrogen) atoms. The van der Waals surface area contributed by atoms with Gasteiger partial charge in [0, 0.05) is 5.56 Å². The molecule has 0 heterocycles. The van der Waals surface area contributed by atoms with Crippen molar-refractivity contribution < 1.29 is 17.8 Å². The molecule has 0 saturated heterocycles. The predicted octanol–water partition coefficient (Wildman–Crippen LogP) is 1.90. The number of hydrogen-bond donors (Lipinski definition) is 1. The van der Waals surface area contributed by atoms with E-state index in [4.69, 9.17) is 4.55 Å². The normalized spacial score (nSPS) is 11.6. The van der Waals surface area contributed by atoms with Crippen molar-refractivity contribution in [3.8, 4) is 0 Å². The van der Waals surface area contributed by atoms with Crippen molar-refractivity contribution in [2.75, 3.05) is 0 Å². The van der Waals surface area contributed by atoms with Crippen LogP contribution in [0.2, 0.25) is 0 Å². The first kappa shape index (κ1) is 10.8. The average Bonchev–Trinajstić information content (AvgIpc) is 2.26. The van der Waals surface area contributed by atoms with Gasteiger partial charge in [-0.1, -0.05) is 24.3 Å². The Bertz CT molecular complexity index is 659. The molecule has 1 N–H and O–H groups in total. The summed E-state index contributed by atoms with van der Waals surface area (Å²) in [7, 11) is -4.29. The Morgan fingerprint density at radius 3 is 2.44 bits per heavy atom. The third-order valence-corrected chi connectivity index (χ3v) is 3.12. The van der Waals surface area contributed by atoms with Gasteiger partial charge in [0.2, 0.25) is 0 Å². The molecule has 82 valence electrons. The van der Waals surface area contributed by atoms with Crippen LogP contribution < -0.4 is 0 Å². The molecule has 0 atom stereocenters. The lowest BCUT2D eigenvalue weighted by Crippen LogP contribution is -1.99. The molecular formula is C11H8O4S. The summed E-state index contributed by atoms with van der Waals surface area (Å²) in [4.78, 5) is 10.6. The fourth-order valence-corrected chi connectivity index (χ4v) is 2.11. The first-order valence-electron chi connectivity index (χ1n) is 4.48. The third-order valence-electron chi connectivity index (χ3n) is 2.29. The van der Waals surface area contributed by atoms with Gasteiger partial charge in [0.25, 0.3) is 10.1 Å². The molecule has 0 spiro atoms. The molecule has 0 bridgehead atoms. The second kappa shape index (κ2) is 3.70. The van der Waals surface area contributed by atoms with Gasteiger partial charge in [-0.15, -0.1) is 0 Å². The van der Waals surface area contributed by atoms with Gasteiger partial charge < -0.3 is 0 Å². The molecule has 0 aliphatic heterocycles. The Kier molecular flexibility index (Phi) is 2.49. The lowest BCUT2D eigenvalue weighted by atomic mass is 10.1. The van der Waals surface area contributed by atoms with Crippen LogP contribution >= 0.6 is 0 Å². The molecule has 2 aromatic rings. The fraction of sp³-hybridized carbons (Fsp3) is 0. The average molecular weight is 236 g/mol. The van der Waals surface area contributed by atoms with Crippen molar-refractivity contribution in [3.05, 3.63) is 42.0 Å². The van der Waals surface area contributed by atoms with Crippen molar-refractivity contribution in [3.63, 3.8) is 0 Å². The summed E-state index contributed by atoms with van der Waals surface area (Å²) in [6, 6.07) is 9.36. The monoisotopic (exact) mass is 236 g/mol. The summed E-state index contributed by atoms with van der Waals surface area (Å²) >= 11 is 0. The van der Waals surface area contributed by atoms with Crippen LogP contribution in [0.5, 0.6) is 0 Å². The van der Waals surface area contributed by atoms with Crippen LogP contribution in [0.25, 0.3) is 10.8 Å². The summed E-state index contributed by atoms with van der Waals surface area (Å²) in [5, 5.41) is 1.25. The smallest absolute Gasteiger partial charge is 0.294 e. The number of carbonyl (C=O) groups excluding carboxylic acids is 1. The van der Waals surface area contributed by atoms with Crippen molar-refractivity contribution in [1.29, 1.82) is 0 Å². The largest absolute Gasteiger partial charge is 0.298 e. The van der Waals surface area contributed by atoms with Crippen LogP contribution in [-0.4, -0.2) is 19.3 Å². The second-order valence-corrected chi connectivity index (χ2v) is 4.75. The topological polar surface area (TPSA) is 71.4 Å². The molecule has 2 aromatic carbocycles. The minimum absolute atomic E-state index is 0.241.